The third-order valence-electron chi connectivity index (χ3n) is 5.84. The van der Waals surface area contributed by atoms with Crippen LogP contribution in [0.5, 0.6) is 5.75 Å². The van der Waals surface area contributed by atoms with Crippen molar-refractivity contribution in [2.24, 2.45) is 5.92 Å². The number of fused-ring (bicyclic) bond motifs is 1. The van der Waals surface area contributed by atoms with Gasteiger partial charge in [0.15, 0.2) is 0 Å². The Hall–Kier alpha value is -2.86. The summed E-state index contributed by atoms with van der Waals surface area (Å²) in [6.07, 6.45) is 1.41. The molecule has 0 radical (unpaired) electrons. The van der Waals surface area contributed by atoms with Crippen LogP contribution in [0.25, 0.3) is 0 Å². The number of amides is 2. The molecule has 1 heterocycles. The van der Waals surface area contributed by atoms with Gasteiger partial charge < -0.3 is 20.7 Å². The molecule has 1 aliphatic heterocycles. The molecule has 2 aromatic rings. The van der Waals surface area contributed by atoms with Gasteiger partial charge in [0.05, 0.1) is 13.2 Å². The Morgan fingerprint density at radius 1 is 1.13 bits per heavy atom. The number of hydrogen-bond acceptors (Lipinski definition) is 4. The monoisotopic (exact) mass is 409 g/mol. The lowest BCUT2D eigenvalue weighted by molar-refractivity contribution is -0.131. The van der Waals surface area contributed by atoms with E-state index in [0.29, 0.717) is 19.5 Å². The van der Waals surface area contributed by atoms with Gasteiger partial charge in [-0.25, -0.2) is 0 Å². The van der Waals surface area contributed by atoms with Gasteiger partial charge in [-0.1, -0.05) is 62.7 Å². The fourth-order valence-electron chi connectivity index (χ4n) is 3.74. The van der Waals surface area contributed by atoms with E-state index in [1.165, 1.54) is 11.1 Å². The molecule has 0 aromatic heterocycles. The van der Waals surface area contributed by atoms with Gasteiger partial charge >= 0.3 is 0 Å². The number of ether oxygens (including phenoxy) is 1. The molecule has 0 bridgehead atoms. The van der Waals surface area contributed by atoms with Crippen molar-refractivity contribution in [2.75, 3.05) is 7.11 Å². The van der Waals surface area contributed by atoms with Crippen LogP contribution in [0.15, 0.2) is 48.5 Å². The summed E-state index contributed by atoms with van der Waals surface area (Å²) in [5.74, 6) is 0.427. The summed E-state index contributed by atoms with van der Waals surface area (Å²) < 4.78 is 5.35. The Morgan fingerprint density at radius 3 is 2.57 bits per heavy atom. The average Bonchev–Trinajstić information content (AvgIpc) is 2.80. The molecule has 3 atom stereocenters. The minimum absolute atomic E-state index is 0.0162. The van der Waals surface area contributed by atoms with E-state index < -0.39 is 6.04 Å². The smallest absolute Gasteiger partial charge is 0.243 e. The van der Waals surface area contributed by atoms with Crippen molar-refractivity contribution < 1.29 is 14.3 Å². The summed E-state index contributed by atoms with van der Waals surface area (Å²) in [5.41, 5.74) is 3.29. The summed E-state index contributed by atoms with van der Waals surface area (Å²) in [4.78, 5) is 25.9. The molecule has 0 saturated heterocycles. The van der Waals surface area contributed by atoms with Crippen LogP contribution in [0.4, 0.5) is 0 Å². The molecule has 3 N–H and O–H groups in total. The van der Waals surface area contributed by atoms with E-state index >= 15 is 0 Å². The molecule has 1 unspecified atom stereocenters. The van der Waals surface area contributed by atoms with E-state index in [9.17, 15) is 9.59 Å². The van der Waals surface area contributed by atoms with Crippen LogP contribution in [-0.2, 0) is 29.1 Å². The van der Waals surface area contributed by atoms with E-state index in [4.69, 9.17) is 4.74 Å². The van der Waals surface area contributed by atoms with Gasteiger partial charge in [0, 0.05) is 18.7 Å². The van der Waals surface area contributed by atoms with Crippen molar-refractivity contribution in [3.8, 4) is 5.75 Å². The van der Waals surface area contributed by atoms with Crippen molar-refractivity contribution in [2.45, 2.75) is 51.9 Å². The first-order valence-corrected chi connectivity index (χ1v) is 10.5. The molecule has 2 aromatic carbocycles. The van der Waals surface area contributed by atoms with Gasteiger partial charge in [-0.05, 0) is 29.5 Å². The molecule has 0 saturated carbocycles. The van der Waals surface area contributed by atoms with E-state index in [1.807, 2.05) is 50.2 Å². The maximum atomic E-state index is 12.9. The summed E-state index contributed by atoms with van der Waals surface area (Å²) in [5, 5.41) is 9.24. The van der Waals surface area contributed by atoms with E-state index in [0.717, 1.165) is 17.7 Å². The molecule has 1 aliphatic rings. The highest BCUT2D eigenvalue weighted by molar-refractivity contribution is 5.90. The summed E-state index contributed by atoms with van der Waals surface area (Å²) in [7, 11) is 1.61. The standard InChI is InChI=1S/C24H31N3O3/c1-4-16(2)22(24(29)26-15-19-11-7-8-12-21(19)30-3)27-23(28)20-13-17-9-5-6-10-18(17)14-25-20/h5-12,16,20,22,25H,4,13-15H2,1-3H3,(H,26,29)(H,27,28)/t16?,20-,22-/m0/s1. The Balaban J connectivity index is 1.64. The van der Waals surface area contributed by atoms with Crippen LogP contribution in [0.3, 0.4) is 0 Å². The lowest BCUT2D eigenvalue weighted by Crippen LogP contribution is -2.56. The van der Waals surface area contributed by atoms with Crippen molar-refractivity contribution >= 4 is 11.8 Å². The van der Waals surface area contributed by atoms with Gasteiger partial charge in [0.1, 0.15) is 11.8 Å². The third kappa shape index (κ3) is 5.19. The molecule has 6 heteroatoms. The second-order valence-electron chi connectivity index (χ2n) is 7.81. The van der Waals surface area contributed by atoms with Crippen molar-refractivity contribution in [1.82, 2.24) is 16.0 Å². The van der Waals surface area contributed by atoms with E-state index in [1.54, 1.807) is 7.11 Å². The normalized spacial score (nSPS) is 17.4. The van der Waals surface area contributed by atoms with Crippen molar-refractivity contribution in [1.29, 1.82) is 0 Å². The van der Waals surface area contributed by atoms with Crippen LogP contribution in [0.1, 0.15) is 37.0 Å². The Bertz CT molecular complexity index is 884. The fourth-order valence-corrected chi connectivity index (χ4v) is 3.74. The molecular weight excluding hydrogens is 378 g/mol. The molecule has 30 heavy (non-hydrogen) atoms. The van der Waals surface area contributed by atoms with E-state index in [-0.39, 0.29) is 23.8 Å². The molecule has 2 amide bonds. The van der Waals surface area contributed by atoms with Crippen LogP contribution in [0, 0.1) is 5.92 Å². The van der Waals surface area contributed by atoms with Gasteiger partial charge in [0.25, 0.3) is 0 Å². The minimum atomic E-state index is -0.587. The topological polar surface area (TPSA) is 79.5 Å². The number of benzene rings is 2. The maximum Gasteiger partial charge on any atom is 0.243 e. The highest BCUT2D eigenvalue weighted by Crippen LogP contribution is 2.18. The number of carbonyl (C=O) groups excluding carboxylic acids is 2. The first-order chi connectivity index (χ1) is 14.5. The van der Waals surface area contributed by atoms with Gasteiger partial charge in [0.2, 0.25) is 11.8 Å². The van der Waals surface area contributed by atoms with Crippen LogP contribution >= 0.6 is 0 Å². The number of rotatable bonds is 8. The summed E-state index contributed by atoms with van der Waals surface area (Å²) >= 11 is 0. The zero-order valence-electron chi connectivity index (χ0n) is 17.9. The zero-order valence-corrected chi connectivity index (χ0v) is 17.9. The zero-order chi connectivity index (χ0) is 21.5. The summed E-state index contributed by atoms with van der Waals surface area (Å²) in [6.45, 7) is 5.01. The molecule has 6 nitrogen and oxygen atoms in total. The largest absolute Gasteiger partial charge is 0.496 e. The Labute approximate surface area is 178 Å². The van der Waals surface area contributed by atoms with E-state index in [2.05, 4.69) is 28.1 Å². The Kier molecular flexibility index (Phi) is 7.46. The van der Waals surface area contributed by atoms with Crippen LogP contribution in [-0.4, -0.2) is 31.0 Å². The lowest BCUT2D eigenvalue weighted by Gasteiger charge is -2.29. The summed E-state index contributed by atoms with van der Waals surface area (Å²) in [6, 6.07) is 14.8. The second kappa shape index (κ2) is 10.3. The highest BCUT2D eigenvalue weighted by Gasteiger charge is 2.30. The Morgan fingerprint density at radius 2 is 1.83 bits per heavy atom. The number of para-hydroxylation sites is 1. The van der Waals surface area contributed by atoms with Gasteiger partial charge in [-0.15, -0.1) is 0 Å². The number of nitrogens with one attached hydrogen (secondary N) is 3. The predicted molar refractivity (Wildman–Crippen MR) is 117 cm³/mol. The average molecular weight is 410 g/mol. The second-order valence-corrected chi connectivity index (χ2v) is 7.81. The third-order valence-corrected chi connectivity index (χ3v) is 5.84. The maximum absolute atomic E-state index is 12.9. The van der Waals surface area contributed by atoms with Crippen LogP contribution in [0.2, 0.25) is 0 Å². The molecular formula is C24H31N3O3. The minimum Gasteiger partial charge on any atom is -0.496 e. The highest BCUT2D eigenvalue weighted by atomic mass is 16.5. The lowest BCUT2D eigenvalue weighted by atomic mass is 9.94. The number of carbonyl (C=O) groups is 2. The SMILES string of the molecule is CCC(C)[C@H](NC(=O)[C@@H]1Cc2ccccc2CN1)C(=O)NCc1ccccc1OC. The first-order valence-electron chi connectivity index (χ1n) is 10.5. The fraction of sp³-hybridized carbons (Fsp3) is 0.417. The molecule has 0 aliphatic carbocycles. The quantitative estimate of drug-likeness (QED) is 0.626. The predicted octanol–water partition coefficient (Wildman–Crippen LogP) is 2.56. The molecule has 0 fully saturated rings. The number of methoxy groups -OCH3 is 1. The molecule has 160 valence electrons. The van der Waals surface area contributed by atoms with Crippen molar-refractivity contribution in [3.63, 3.8) is 0 Å². The van der Waals surface area contributed by atoms with Crippen molar-refractivity contribution in [3.05, 3.63) is 65.2 Å². The first kappa shape index (κ1) is 21.8. The van der Waals surface area contributed by atoms with Gasteiger partial charge in [-0.2, -0.15) is 0 Å². The molecule has 3 rings (SSSR count). The molecule has 0 spiro atoms. The number of hydrogen-bond donors (Lipinski definition) is 3. The van der Waals surface area contributed by atoms with Gasteiger partial charge in [-0.3, -0.25) is 9.59 Å². The van der Waals surface area contributed by atoms with Crippen LogP contribution < -0.4 is 20.7 Å².